The molecule has 1 N–H and O–H groups in total. The van der Waals surface area contributed by atoms with E-state index >= 15 is 0 Å². The summed E-state index contributed by atoms with van der Waals surface area (Å²) in [6.07, 6.45) is 3.26. The van der Waals surface area contributed by atoms with Crippen LogP contribution in [0.4, 0.5) is 5.69 Å². The van der Waals surface area contributed by atoms with Gasteiger partial charge in [-0.3, -0.25) is 19.9 Å². The Kier molecular flexibility index (Phi) is 4.35. The zero-order valence-electron chi connectivity index (χ0n) is 11.2. The number of non-ortho nitro benzene ring substituents is 1. The number of amides is 1. The smallest absolute Gasteiger partial charge is 0.267 e. The van der Waals surface area contributed by atoms with Crippen molar-refractivity contribution >= 4 is 17.3 Å². The first-order valence-corrected chi connectivity index (χ1v) is 6.07. The number of rotatable bonds is 4. The maximum absolute atomic E-state index is 11.9. The van der Waals surface area contributed by atoms with Gasteiger partial charge in [-0.2, -0.15) is 5.10 Å². The number of nitro benzene ring substituents is 1. The topological polar surface area (TPSA) is 97.5 Å². The molecule has 0 saturated carbocycles. The minimum atomic E-state index is -0.555. The second-order valence-corrected chi connectivity index (χ2v) is 4.19. The van der Waals surface area contributed by atoms with Gasteiger partial charge < -0.3 is 0 Å². The van der Waals surface area contributed by atoms with Gasteiger partial charge in [0, 0.05) is 35.7 Å². The second kappa shape index (κ2) is 6.38. The Morgan fingerprint density at radius 2 is 2.05 bits per heavy atom. The van der Waals surface area contributed by atoms with Gasteiger partial charge in [-0.15, -0.1) is 0 Å². The lowest BCUT2D eigenvalue weighted by Crippen LogP contribution is -2.19. The lowest BCUT2D eigenvalue weighted by Gasteiger charge is -2.02. The van der Waals surface area contributed by atoms with Crippen molar-refractivity contribution in [3.8, 4) is 0 Å². The molecule has 0 aliphatic rings. The van der Waals surface area contributed by atoms with Crippen LogP contribution < -0.4 is 5.43 Å². The molecule has 2 aromatic rings. The largest absolute Gasteiger partial charge is 0.271 e. The highest BCUT2D eigenvalue weighted by Crippen LogP contribution is 2.12. The first-order chi connectivity index (χ1) is 10.1. The van der Waals surface area contributed by atoms with Crippen molar-refractivity contribution in [2.75, 3.05) is 0 Å². The first-order valence-electron chi connectivity index (χ1n) is 6.07. The van der Waals surface area contributed by atoms with Gasteiger partial charge in [0.2, 0.25) is 0 Å². The average molecular weight is 284 g/mol. The van der Waals surface area contributed by atoms with E-state index in [4.69, 9.17) is 0 Å². The van der Waals surface area contributed by atoms with Crippen LogP contribution in [0.2, 0.25) is 0 Å². The Morgan fingerprint density at radius 1 is 1.29 bits per heavy atom. The minimum Gasteiger partial charge on any atom is -0.267 e. The molecule has 7 heteroatoms. The van der Waals surface area contributed by atoms with Crippen LogP contribution in [0.1, 0.15) is 22.8 Å². The monoisotopic (exact) mass is 284 g/mol. The molecule has 1 aromatic heterocycles. The molecule has 0 unspecified atom stereocenters. The molecule has 2 rings (SSSR count). The number of carbonyl (C=O) groups is 1. The summed E-state index contributed by atoms with van der Waals surface area (Å²) in [6, 6.07) is 9.02. The van der Waals surface area contributed by atoms with E-state index in [-0.39, 0.29) is 11.3 Å². The molecule has 0 aliphatic heterocycles. The maximum atomic E-state index is 11.9. The van der Waals surface area contributed by atoms with Crippen molar-refractivity contribution in [1.82, 2.24) is 10.4 Å². The number of aromatic nitrogens is 1. The molecule has 0 aliphatic carbocycles. The van der Waals surface area contributed by atoms with Crippen LogP contribution in [0.3, 0.4) is 0 Å². The highest BCUT2D eigenvalue weighted by atomic mass is 16.6. The molecule has 0 saturated heterocycles. The van der Waals surface area contributed by atoms with E-state index in [9.17, 15) is 14.9 Å². The predicted molar refractivity (Wildman–Crippen MR) is 77.0 cm³/mol. The fourth-order valence-electron chi connectivity index (χ4n) is 1.60. The minimum absolute atomic E-state index is 0.143. The number of pyridine rings is 1. The zero-order chi connectivity index (χ0) is 15.2. The quantitative estimate of drug-likeness (QED) is 0.528. The molecule has 1 heterocycles. The fraction of sp³-hybridized carbons (Fsp3) is 0.0714. The summed E-state index contributed by atoms with van der Waals surface area (Å²) in [5, 5.41) is 14.6. The summed E-state index contributed by atoms with van der Waals surface area (Å²) < 4.78 is 0. The summed E-state index contributed by atoms with van der Waals surface area (Å²) in [4.78, 5) is 26.0. The third kappa shape index (κ3) is 3.69. The number of benzene rings is 1. The van der Waals surface area contributed by atoms with E-state index in [0.29, 0.717) is 5.71 Å². The van der Waals surface area contributed by atoms with Crippen LogP contribution in [0.5, 0.6) is 0 Å². The Balaban J connectivity index is 2.12. The van der Waals surface area contributed by atoms with Gasteiger partial charge in [-0.1, -0.05) is 12.1 Å². The standard InChI is InChI=1S/C14H12N4O3/c1-10(12-5-3-7-15-9-12)16-17-14(19)11-4-2-6-13(8-11)18(20)21/h2-9H,1H3,(H,17,19)/b16-10+. The number of carbonyl (C=O) groups excluding carboxylic acids is 1. The molecule has 0 radical (unpaired) electrons. The van der Waals surface area contributed by atoms with E-state index < -0.39 is 10.8 Å². The highest BCUT2D eigenvalue weighted by molar-refractivity contribution is 6.00. The average Bonchev–Trinajstić information content (AvgIpc) is 2.53. The van der Waals surface area contributed by atoms with Crippen molar-refractivity contribution in [2.45, 2.75) is 6.92 Å². The van der Waals surface area contributed by atoms with Gasteiger partial charge in [-0.05, 0) is 19.1 Å². The van der Waals surface area contributed by atoms with E-state index in [1.807, 2.05) is 6.07 Å². The number of hydrazone groups is 1. The fourth-order valence-corrected chi connectivity index (χ4v) is 1.60. The predicted octanol–water partition coefficient (Wildman–Crippen LogP) is 2.14. The molecule has 0 bridgehead atoms. The van der Waals surface area contributed by atoms with Crippen molar-refractivity contribution in [3.05, 3.63) is 70.0 Å². The van der Waals surface area contributed by atoms with Gasteiger partial charge in [-0.25, -0.2) is 5.43 Å². The Hall–Kier alpha value is -3.09. The SMILES string of the molecule is C/C(=N\NC(=O)c1cccc([N+](=O)[O-])c1)c1cccnc1. The van der Waals surface area contributed by atoms with Gasteiger partial charge in [0.05, 0.1) is 10.6 Å². The highest BCUT2D eigenvalue weighted by Gasteiger charge is 2.11. The zero-order valence-corrected chi connectivity index (χ0v) is 11.2. The number of hydrogen-bond donors (Lipinski definition) is 1. The van der Waals surface area contributed by atoms with E-state index in [0.717, 1.165) is 5.56 Å². The molecular weight excluding hydrogens is 272 g/mol. The molecule has 21 heavy (non-hydrogen) atoms. The molecule has 1 aromatic carbocycles. The molecule has 1 amide bonds. The van der Waals surface area contributed by atoms with Gasteiger partial charge in [0.1, 0.15) is 0 Å². The lowest BCUT2D eigenvalue weighted by atomic mass is 10.2. The Labute approximate surface area is 120 Å². The summed E-state index contributed by atoms with van der Waals surface area (Å²) in [5.74, 6) is -0.512. The molecule has 0 atom stereocenters. The normalized spacial score (nSPS) is 11.0. The third-order valence-electron chi connectivity index (χ3n) is 2.72. The summed E-state index contributed by atoms with van der Waals surface area (Å²) >= 11 is 0. The third-order valence-corrected chi connectivity index (χ3v) is 2.72. The van der Waals surface area contributed by atoms with Crippen LogP contribution in [0.15, 0.2) is 53.9 Å². The van der Waals surface area contributed by atoms with Gasteiger partial charge in [0.15, 0.2) is 0 Å². The second-order valence-electron chi connectivity index (χ2n) is 4.19. The number of nitrogens with one attached hydrogen (secondary N) is 1. The van der Waals surface area contributed by atoms with Crippen molar-refractivity contribution < 1.29 is 9.72 Å². The van der Waals surface area contributed by atoms with Crippen LogP contribution in [-0.2, 0) is 0 Å². The summed E-state index contributed by atoms with van der Waals surface area (Å²) in [6.45, 7) is 1.73. The van der Waals surface area contributed by atoms with Crippen LogP contribution in [0, 0.1) is 10.1 Å². The molecule has 0 spiro atoms. The Morgan fingerprint density at radius 3 is 2.71 bits per heavy atom. The maximum Gasteiger partial charge on any atom is 0.271 e. The lowest BCUT2D eigenvalue weighted by molar-refractivity contribution is -0.384. The van der Waals surface area contributed by atoms with Crippen LogP contribution in [-0.4, -0.2) is 21.5 Å². The van der Waals surface area contributed by atoms with Crippen molar-refractivity contribution in [3.63, 3.8) is 0 Å². The molecule has 0 fully saturated rings. The van der Waals surface area contributed by atoms with Gasteiger partial charge >= 0.3 is 0 Å². The van der Waals surface area contributed by atoms with E-state index in [1.165, 1.54) is 24.3 Å². The number of hydrogen-bond acceptors (Lipinski definition) is 5. The van der Waals surface area contributed by atoms with Crippen LogP contribution in [0.25, 0.3) is 0 Å². The van der Waals surface area contributed by atoms with Gasteiger partial charge in [0.25, 0.3) is 11.6 Å². The summed E-state index contributed by atoms with van der Waals surface area (Å²) in [5.41, 5.74) is 3.75. The summed E-state index contributed by atoms with van der Waals surface area (Å²) in [7, 11) is 0. The molecule has 7 nitrogen and oxygen atoms in total. The molecule has 106 valence electrons. The Bertz CT molecular complexity index is 698. The van der Waals surface area contributed by atoms with E-state index in [1.54, 1.807) is 25.4 Å². The number of nitro groups is 1. The van der Waals surface area contributed by atoms with Crippen molar-refractivity contribution in [2.24, 2.45) is 5.10 Å². The van der Waals surface area contributed by atoms with Crippen LogP contribution >= 0.6 is 0 Å². The first kappa shape index (κ1) is 14.3. The number of nitrogens with zero attached hydrogens (tertiary/aromatic N) is 3. The van der Waals surface area contributed by atoms with E-state index in [2.05, 4.69) is 15.5 Å². The van der Waals surface area contributed by atoms with Crippen molar-refractivity contribution in [1.29, 1.82) is 0 Å². The molecular formula is C14H12N4O3.